The van der Waals surface area contributed by atoms with E-state index in [1.165, 1.54) is 5.56 Å². The molecule has 6 heteroatoms. The standard InChI is InChI=1S/C16H26N2O4/c1-19-5-7-21-15-4-3-13(10-18-11-14(17)12-18)9-16(15)22-8-6-20-2/h3-4,9,14H,5-8,10-12,17H2,1-2H3. The summed E-state index contributed by atoms with van der Waals surface area (Å²) in [7, 11) is 3.31. The van der Waals surface area contributed by atoms with Crippen LogP contribution in [-0.4, -0.2) is 64.7 Å². The zero-order chi connectivity index (χ0) is 15.8. The van der Waals surface area contributed by atoms with Crippen molar-refractivity contribution in [2.75, 3.05) is 53.7 Å². The van der Waals surface area contributed by atoms with Crippen LogP contribution in [0.2, 0.25) is 0 Å². The molecule has 2 N–H and O–H groups in total. The Hall–Kier alpha value is -1.34. The SMILES string of the molecule is COCCOc1ccc(CN2CC(N)C2)cc1OCCOC. The van der Waals surface area contributed by atoms with E-state index < -0.39 is 0 Å². The molecule has 1 aromatic carbocycles. The fourth-order valence-corrected chi connectivity index (χ4v) is 2.35. The molecule has 0 radical (unpaired) electrons. The summed E-state index contributed by atoms with van der Waals surface area (Å²) in [4.78, 5) is 2.31. The second-order valence-corrected chi connectivity index (χ2v) is 5.42. The molecule has 1 fully saturated rings. The topological polar surface area (TPSA) is 66.2 Å². The second-order valence-electron chi connectivity index (χ2n) is 5.42. The Morgan fingerprint density at radius 3 is 2.23 bits per heavy atom. The number of hydrogen-bond acceptors (Lipinski definition) is 6. The van der Waals surface area contributed by atoms with Crippen LogP contribution in [-0.2, 0) is 16.0 Å². The molecule has 1 aromatic rings. The molecule has 1 heterocycles. The first kappa shape index (κ1) is 17.0. The number of benzene rings is 1. The van der Waals surface area contributed by atoms with E-state index in [1.807, 2.05) is 12.1 Å². The van der Waals surface area contributed by atoms with Gasteiger partial charge in [0.1, 0.15) is 13.2 Å². The Morgan fingerprint density at radius 1 is 1.00 bits per heavy atom. The van der Waals surface area contributed by atoms with Gasteiger partial charge in [-0.3, -0.25) is 4.90 Å². The van der Waals surface area contributed by atoms with Gasteiger partial charge in [-0.2, -0.15) is 0 Å². The number of nitrogens with two attached hydrogens (primary N) is 1. The van der Waals surface area contributed by atoms with Gasteiger partial charge in [0.05, 0.1) is 13.2 Å². The summed E-state index contributed by atoms with van der Waals surface area (Å²) in [5, 5.41) is 0. The maximum Gasteiger partial charge on any atom is 0.161 e. The number of likely N-dealkylation sites (tertiary alicyclic amines) is 1. The normalized spacial score (nSPS) is 15.6. The maximum atomic E-state index is 5.81. The Bertz CT molecular complexity index is 450. The van der Waals surface area contributed by atoms with Crippen LogP contribution < -0.4 is 15.2 Å². The lowest BCUT2D eigenvalue weighted by molar-refractivity contribution is 0.131. The molecule has 0 unspecified atom stereocenters. The van der Waals surface area contributed by atoms with Gasteiger partial charge in [-0.25, -0.2) is 0 Å². The number of rotatable bonds is 10. The summed E-state index contributed by atoms with van der Waals surface area (Å²) in [6, 6.07) is 6.36. The van der Waals surface area contributed by atoms with Crippen molar-refractivity contribution in [3.05, 3.63) is 23.8 Å². The predicted octanol–water partition coefficient (Wildman–Crippen LogP) is 0.880. The highest BCUT2D eigenvalue weighted by Gasteiger charge is 2.23. The maximum absolute atomic E-state index is 5.81. The van der Waals surface area contributed by atoms with Crippen LogP contribution in [0.25, 0.3) is 0 Å². The second kappa shape index (κ2) is 8.95. The van der Waals surface area contributed by atoms with E-state index >= 15 is 0 Å². The minimum Gasteiger partial charge on any atom is -0.487 e. The highest BCUT2D eigenvalue weighted by Crippen LogP contribution is 2.29. The minimum absolute atomic E-state index is 0.314. The Labute approximate surface area is 132 Å². The van der Waals surface area contributed by atoms with E-state index in [-0.39, 0.29) is 0 Å². The van der Waals surface area contributed by atoms with Crippen LogP contribution in [0.3, 0.4) is 0 Å². The highest BCUT2D eigenvalue weighted by atomic mass is 16.5. The van der Waals surface area contributed by atoms with Crippen LogP contribution in [0.1, 0.15) is 5.56 Å². The first-order valence-electron chi connectivity index (χ1n) is 7.57. The molecule has 0 aliphatic carbocycles. The fourth-order valence-electron chi connectivity index (χ4n) is 2.35. The Kier molecular flexibility index (Phi) is 6.92. The molecule has 1 aliphatic rings. The molecule has 0 atom stereocenters. The number of ether oxygens (including phenoxy) is 4. The molecule has 2 rings (SSSR count). The van der Waals surface area contributed by atoms with Crippen molar-refractivity contribution in [3.8, 4) is 11.5 Å². The molecule has 1 aliphatic heterocycles. The van der Waals surface area contributed by atoms with Gasteiger partial charge in [0.25, 0.3) is 0 Å². The zero-order valence-corrected chi connectivity index (χ0v) is 13.4. The van der Waals surface area contributed by atoms with Crippen molar-refractivity contribution < 1.29 is 18.9 Å². The quantitative estimate of drug-likeness (QED) is 0.647. The van der Waals surface area contributed by atoms with Crippen LogP contribution in [0, 0.1) is 0 Å². The lowest BCUT2D eigenvalue weighted by Gasteiger charge is -2.36. The van der Waals surface area contributed by atoms with E-state index in [2.05, 4.69) is 11.0 Å². The van der Waals surface area contributed by atoms with Gasteiger partial charge in [0.15, 0.2) is 11.5 Å². The number of methoxy groups -OCH3 is 2. The van der Waals surface area contributed by atoms with Crippen LogP contribution in [0.5, 0.6) is 11.5 Å². The average molecular weight is 310 g/mol. The first-order chi connectivity index (χ1) is 10.7. The zero-order valence-electron chi connectivity index (χ0n) is 13.4. The van der Waals surface area contributed by atoms with Crippen LogP contribution >= 0.6 is 0 Å². The van der Waals surface area contributed by atoms with Gasteiger partial charge in [0.2, 0.25) is 0 Å². The van der Waals surface area contributed by atoms with Crippen molar-refractivity contribution in [1.29, 1.82) is 0 Å². The van der Waals surface area contributed by atoms with E-state index in [1.54, 1.807) is 14.2 Å². The summed E-state index contributed by atoms with van der Waals surface area (Å²) >= 11 is 0. The fraction of sp³-hybridized carbons (Fsp3) is 0.625. The van der Waals surface area contributed by atoms with Crippen molar-refractivity contribution >= 4 is 0 Å². The van der Waals surface area contributed by atoms with Crippen molar-refractivity contribution in [2.24, 2.45) is 5.73 Å². The monoisotopic (exact) mass is 310 g/mol. The third-order valence-corrected chi connectivity index (χ3v) is 3.49. The summed E-state index contributed by atoms with van der Waals surface area (Å²) in [6.45, 7) is 4.87. The van der Waals surface area contributed by atoms with Gasteiger partial charge in [-0.1, -0.05) is 6.07 Å². The first-order valence-corrected chi connectivity index (χ1v) is 7.57. The Balaban J connectivity index is 1.97. The van der Waals surface area contributed by atoms with Crippen LogP contribution in [0.15, 0.2) is 18.2 Å². The summed E-state index contributed by atoms with van der Waals surface area (Å²) < 4.78 is 21.5. The number of hydrogen-bond donors (Lipinski definition) is 1. The summed E-state index contributed by atoms with van der Waals surface area (Å²) in [5.41, 5.74) is 7.01. The third-order valence-electron chi connectivity index (χ3n) is 3.49. The highest BCUT2D eigenvalue weighted by molar-refractivity contribution is 5.43. The summed E-state index contributed by atoms with van der Waals surface area (Å²) in [6.07, 6.45) is 0. The molecule has 124 valence electrons. The van der Waals surface area contributed by atoms with Gasteiger partial charge >= 0.3 is 0 Å². The van der Waals surface area contributed by atoms with Gasteiger partial charge < -0.3 is 24.7 Å². The van der Waals surface area contributed by atoms with E-state index in [4.69, 9.17) is 24.7 Å². The smallest absolute Gasteiger partial charge is 0.161 e. The van der Waals surface area contributed by atoms with Gasteiger partial charge in [-0.05, 0) is 17.7 Å². The van der Waals surface area contributed by atoms with Crippen molar-refractivity contribution in [2.45, 2.75) is 12.6 Å². The molecular formula is C16H26N2O4. The lowest BCUT2D eigenvalue weighted by Crippen LogP contribution is -2.54. The van der Waals surface area contributed by atoms with Gasteiger partial charge in [0, 0.05) is 39.9 Å². The summed E-state index contributed by atoms with van der Waals surface area (Å²) in [5.74, 6) is 1.48. The molecule has 0 aromatic heterocycles. The Morgan fingerprint density at radius 2 is 1.64 bits per heavy atom. The van der Waals surface area contributed by atoms with Gasteiger partial charge in [-0.15, -0.1) is 0 Å². The molecule has 0 amide bonds. The molecule has 1 saturated heterocycles. The number of nitrogens with zero attached hydrogens (tertiary/aromatic N) is 1. The van der Waals surface area contributed by atoms with E-state index in [0.717, 1.165) is 31.1 Å². The third kappa shape index (κ3) is 5.14. The largest absolute Gasteiger partial charge is 0.487 e. The molecule has 6 nitrogen and oxygen atoms in total. The van der Waals surface area contributed by atoms with E-state index in [9.17, 15) is 0 Å². The van der Waals surface area contributed by atoms with E-state index in [0.29, 0.717) is 32.5 Å². The lowest BCUT2D eigenvalue weighted by atomic mass is 10.1. The van der Waals surface area contributed by atoms with Crippen molar-refractivity contribution in [1.82, 2.24) is 4.90 Å². The average Bonchev–Trinajstić information content (AvgIpc) is 2.48. The van der Waals surface area contributed by atoms with Crippen LogP contribution in [0.4, 0.5) is 0 Å². The van der Waals surface area contributed by atoms with Crippen molar-refractivity contribution in [3.63, 3.8) is 0 Å². The minimum atomic E-state index is 0.314. The molecule has 0 spiro atoms. The molecule has 0 bridgehead atoms. The molecular weight excluding hydrogens is 284 g/mol. The predicted molar refractivity (Wildman–Crippen MR) is 84.4 cm³/mol. The molecule has 22 heavy (non-hydrogen) atoms. The molecule has 0 saturated carbocycles.